The molecule has 35 heavy (non-hydrogen) atoms. The third-order valence-corrected chi connectivity index (χ3v) is 6.25. The van der Waals surface area contributed by atoms with Crippen molar-refractivity contribution in [2.75, 3.05) is 12.4 Å². The maximum Gasteiger partial charge on any atom is 0.328 e. The average molecular weight is 490 g/mol. The van der Waals surface area contributed by atoms with Gasteiger partial charge in [-0.1, -0.05) is 36.4 Å². The van der Waals surface area contributed by atoms with Gasteiger partial charge in [0, 0.05) is 28.1 Å². The van der Waals surface area contributed by atoms with Gasteiger partial charge in [-0.25, -0.2) is 14.2 Å². The smallest absolute Gasteiger partial charge is 0.328 e. The SMILES string of the molecule is COC(=O)[C@H](Cc1ccccc1)NC(=O)c1cccc(Nc2nc(-c3ccc(F)cc3)c(C)s2)c1. The van der Waals surface area contributed by atoms with Crippen molar-refractivity contribution >= 4 is 34.0 Å². The van der Waals surface area contributed by atoms with E-state index in [-0.39, 0.29) is 11.7 Å². The maximum atomic E-state index is 13.3. The van der Waals surface area contributed by atoms with Crippen LogP contribution < -0.4 is 10.6 Å². The second kappa shape index (κ2) is 10.9. The molecule has 0 saturated heterocycles. The molecule has 1 aromatic heterocycles. The Kier molecular flexibility index (Phi) is 7.52. The van der Waals surface area contributed by atoms with Gasteiger partial charge >= 0.3 is 5.97 Å². The molecule has 0 unspecified atom stereocenters. The lowest BCUT2D eigenvalue weighted by atomic mass is 10.1. The summed E-state index contributed by atoms with van der Waals surface area (Å²) in [7, 11) is 1.30. The number of halogens is 1. The molecule has 0 spiro atoms. The Morgan fingerprint density at radius 2 is 1.77 bits per heavy atom. The first kappa shape index (κ1) is 24.1. The Balaban J connectivity index is 1.48. The fourth-order valence-electron chi connectivity index (χ4n) is 3.61. The number of ether oxygens (including phenoxy) is 1. The van der Waals surface area contributed by atoms with Crippen molar-refractivity contribution in [1.82, 2.24) is 10.3 Å². The Morgan fingerprint density at radius 1 is 1.03 bits per heavy atom. The number of hydrogen-bond acceptors (Lipinski definition) is 6. The quantitative estimate of drug-likeness (QED) is 0.319. The van der Waals surface area contributed by atoms with Gasteiger partial charge in [0.15, 0.2) is 5.13 Å². The Bertz CT molecular complexity index is 1320. The molecule has 8 heteroatoms. The number of amides is 1. The van der Waals surface area contributed by atoms with Gasteiger partial charge in [-0.05, 0) is 55.0 Å². The van der Waals surface area contributed by atoms with Crippen LogP contribution in [-0.2, 0) is 16.0 Å². The number of aryl methyl sites for hydroxylation is 1. The fraction of sp³-hybridized carbons (Fsp3) is 0.148. The van der Waals surface area contributed by atoms with Crippen LogP contribution in [0.1, 0.15) is 20.8 Å². The van der Waals surface area contributed by atoms with E-state index in [0.29, 0.717) is 22.8 Å². The summed E-state index contributed by atoms with van der Waals surface area (Å²) < 4.78 is 18.1. The van der Waals surface area contributed by atoms with E-state index in [1.165, 1.54) is 30.6 Å². The van der Waals surface area contributed by atoms with Crippen LogP contribution in [0.15, 0.2) is 78.9 Å². The van der Waals surface area contributed by atoms with Crippen molar-refractivity contribution in [3.8, 4) is 11.3 Å². The van der Waals surface area contributed by atoms with Crippen LogP contribution >= 0.6 is 11.3 Å². The Morgan fingerprint density at radius 3 is 2.49 bits per heavy atom. The number of carbonyl (C=O) groups excluding carboxylic acids is 2. The van der Waals surface area contributed by atoms with Crippen LogP contribution in [0.5, 0.6) is 0 Å². The molecule has 3 aromatic carbocycles. The highest BCUT2D eigenvalue weighted by Gasteiger charge is 2.23. The van der Waals surface area contributed by atoms with E-state index >= 15 is 0 Å². The Labute approximate surface area is 206 Å². The van der Waals surface area contributed by atoms with Gasteiger partial charge in [-0.3, -0.25) is 4.79 Å². The van der Waals surface area contributed by atoms with Crippen LogP contribution in [0.4, 0.5) is 15.2 Å². The Hall–Kier alpha value is -4.04. The highest BCUT2D eigenvalue weighted by Crippen LogP contribution is 2.32. The largest absolute Gasteiger partial charge is 0.467 e. The molecule has 0 aliphatic carbocycles. The summed E-state index contributed by atoms with van der Waals surface area (Å²) in [5.74, 6) is -1.20. The standard InChI is InChI=1S/C27H24FN3O3S/c1-17-24(19-11-13-21(28)14-12-19)31-27(35-17)29-22-10-6-9-20(16-22)25(32)30-23(26(33)34-2)15-18-7-4-3-5-8-18/h3-14,16,23H,15H2,1-2H3,(H,29,31)(H,30,32)/t23-/m0/s1. The first-order valence-electron chi connectivity index (χ1n) is 11.0. The highest BCUT2D eigenvalue weighted by molar-refractivity contribution is 7.16. The van der Waals surface area contributed by atoms with E-state index < -0.39 is 12.0 Å². The van der Waals surface area contributed by atoms with Gasteiger partial charge < -0.3 is 15.4 Å². The zero-order valence-electron chi connectivity index (χ0n) is 19.2. The number of nitrogens with one attached hydrogen (secondary N) is 2. The van der Waals surface area contributed by atoms with Crippen molar-refractivity contribution in [3.05, 3.63) is 101 Å². The van der Waals surface area contributed by atoms with Crippen molar-refractivity contribution < 1.29 is 18.7 Å². The minimum atomic E-state index is -0.814. The molecule has 1 heterocycles. The van der Waals surface area contributed by atoms with Crippen molar-refractivity contribution in [3.63, 3.8) is 0 Å². The average Bonchev–Trinajstić information content (AvgIpc) is 3.24. The first-order chi connectivity index (χ1) is 16.9. The van der Waals surface area contributed by atoms with E-state index in [1.807, 2.05) is 43.3 Å². The fourth-order valence-corrected chi connectivity index (χ4v) is 4.47. The number of benzene rings is 3. The van der Waals surface area contributed by atoms with E-state index in [4.69, 9.17) is 4.74 Å². The molecule has 1 amide bonds. The van der Waals surface area contributed by atoms with E-state index in [2.05, 4.69) is 15.6 Å². The molecule has 0 bridgehead atoms. The van der Waals surface area contributed by atoms with Crippen LogP contribution in [0.25, 0.3) is 11.3 Å². The van der Waals surface area contributed by atoms with E-state index in [0.717, 1.165) is 21.7 Å². The molecule has 4 rings (SSSR count). The predicted octanol–water partition coefficient (Wildman–Crippen LogP) is 5.52. The summed E-state index contributed by atoms with van der Waals surface area (Å²) in [6, 6.07) is 21.8. The maximum absolute atomic E-state index is 13.3. The summed E-state index contributed by atoms with van der Waals surface area (Å²) in [6.07, 6.45) is 0.321. The highest BCUT2D eigenvalue weighted by atomic mass is 32.1. The molecule has 6 nitrogen and oxygen atoms in total. The van der Waals surface area contributed by atoms with Gasteiger partial charge in [0.25, 0.3) is 5.91 Å². The number of hydrogen-bond donors (Lipinski definition) is 2. The number of thiazole rings is 1. The van der Waals surface area contributed by atoms with Crippen molar-refractivity contribution in [1.29, 1.82) is 0 Å². The van der Waals surface area contributed by atoms with Gasteiger partial charge in [0.05, 0.1) is 12.8 Å². The number of carbonyl (C=O) groups is 2. The van der Waals surface area contributed by atoms with Gasteiger partial charge in [0.2, 0.25) is 0 Å². The van der Waals surface area contributed by atoms with Crippen molar-refractivity contribution in [2.45, 2.75) is 19.4 Å². The number of methoxy groups -OCH3 is 1. The molecule has 0 aliphatic heterocycles. The van der Waals surface area contributed by atoms with Crippen LogP contribution in [0, 0.1) is 12.7 Å². The minimum Gasteiger partial charge on any atom is -0.467 e. The van der Waals surface area contributed by atoms with Crippen LogP contribution in [0.2, 0.25) is 0 Å². The number of rotatable bonds is 8. The summed E-state index contributed by atoms with van der Waals surface area (Å²) in [6.45, 7) is 1.95. The summed E-state index contributed by atoms with van der Waals surface area (Å²) in [5, 5.41) is 6.66. The third kappa shape index (κ3) is 6.10. The first-order valence-corrected chi connectivity index (χ1v) is 11.8. The molecule has 0 aliphatic rings. The van der Waals surface area contributed by atoms with E-state index in [1.54, 1.807) is 30.3 Å². The molecule has 0 saturated carbocycles. The zero-order valence-corrected chi connectivity index (χ0v) is 20.1. The molecule has 0 fully saturated rings. The zero-order chi connectivity index (χ0) is 24.8. The van der Waals surface area contributed by atoms with E-state index in [9.17, 15) is 14.0 Å². The summed E-state index contributed by atoms with van der Waals surface area (Å²) >= 11 is 1.46. The molecule has 0 radical (unpaired) electrons. The second-order valence-electron chi connectivity index (χ2n) is 7.88. The predicted molar refractivity (Wildman–Crippen MR) is 135 cm³/mol. The molecule has 4 aromatic rings. The number of esters is 1. The molecule has 1 atom stereocenters. The van der Waals surface area contributed by atoms with Gasteiger partial charge in [0.1, 0.15) is 11.9 Å². The molecule has 178 valence electrons. The number of anilines is 2. The van der Waals surface area contributed by atoms with Crippen LogP contribution in [0.3, 0.4) is 0 Å². The normalized spacial score (nSPS) is 11.5. The lowest BCUT2D eigenvalue weighted by Gasteiger charge is -2.17. The topological polar surface area (TPSA) is 80.3 Å². The third-order valence-electron chi connectivity index (χ3n) is 5.36. The number of aromatic nitrogens is 1. The summed E-state index contributed by atoms with van der Waals surface area (Å²) in [4.78, 5) is 30.8. The van der Waals surface area contributed by atoms with Gasteiger partial charge in [-0.2, -0.15) is 0 Å². The van der Waals surface area contributed by atoms with Gasteiger partial charge in [-0.15, -0.1) is 11.3 Å². The lowest BCUT2D eigenvalue weighted by molar-refractivity contribution is -0.142. The summed E-state index contributed by atoms with van der Waals surface area (Å²) in [5.41, 5.74) is 3.58. The minimum absolute atomic E-state index is 0.298. The lowest BCUT2D eigenvalue weighted by Crippen LogP contribution is -2.43. The molecular weight excluding hydrogens is 465 g/mol. The second-order valence-corrected chi connectivity index (χ2v) is 9.08. The molecule has 2 N–H and O–H groups in total. The monoisotopic (exact) mass is 489 g/mol. The van der Waals surface area contributed by atoms with Crippen molar-refractivity contribution in [2.24, 2.45) is 0 Å². The van der Waals surface area contributed by atoms with Crippen LogP contribution in [-0.4, -0.2) is 30.0 Å². The number of nitrogens with zero attached hydrogens (tertiary/aromatic N) is 1. The molecular formula is C27H24FN3O3S.